The van der Waals surface area contributed by atoms with E-state index >= 15 is 0 Å². The molecule has 2 N–H and O–H groups in total. The Labute approximate surface area is 199 Å². The Morgan fingerprint density at radius 3 is 2.65 bits per heavy atom. The fourth-order valence-corrected chi connectivity index (χ4v) is 4.25. The van der Waals surface area contributed by atoms with Crippen LogP contribution in [0.5, 0.6) is 0 Å². The van der Waals surface area contributed by atoms with Gasteiger partial charge in [0.05, 0.1) is 24.9 Å². The molecule has 0 spiro atoms. The normalized spacial score (nSPS) is 19.1. The van der Waals surface area contributed by atoms with Gasteiger partial charge in [0.2, 0.25) is 11.8 Å². The van der Waals surface area contributed by atoms with Gasteiger partial charge in [-0.25, -0.2) is 0 Å². The number of aliphatic hydroxyl groups is 1. The third-order valence-electron chi connectivity index (χ3n) is 6.23. The van der Waals surface area contributed by atoms with Crippen LogP contribution in [0.4, 0.5) is 5.69 Å². The van der Waals surface area contributed by atoms with Crippen molar-refractivity contribution in [2.45, 2.75) is 44.2 Å². The first-order valence-corrected chi connectivity index (χ1v) is 11.7. The van der Waals surface area contributed by atoms with Crippen molar-refractivity contribution in [1.82, 2.24) is 10.2 Å². The number of ether oxygens (including phenoxy) is 2. The number of anilines is 1. The number of nitrogens with zero attached hydrogens (tertiary/aromatic N) is 2. The number of imide groups is 1. The van der Waals surface area contributed by atoms with E-state index in [1.54, 1.807) is 12.1 Å². The van der Waals surface area contributed by atoms with Crippen LogP contribution in [0, 0.1) is 0 Å². The molecule has 0 aromatic heterocycles. The molecule has 0 saturated carbocycles. The lowest BCUT2D eigenvalue weighted by molar-refractivity contribution is -0.136. The molecule has 10 heteroatoms. The average molecular weight is 476 g/mol. The number of benzene rings is 1. The summed E-state index contributed by atoms with van der Waals surface area (Å²) < 4.78 is 11.2. The number of piperidine rings is 2. The largest absolute Gasteiger partial charge is 0.396 e. The summed E-state index contributed by atoms with van der Waals surface area (Å²) >= 11 is 0. The minimum Gasteiger partial charge on any atom is -0.396 e. The van der Waals surface area contributed by atoms with E-state index in [1.807, 2.05) is 6.07 Å². The highest BCUT2D eigenvalue weighted by atomic mass is 16.5. The Bertz CT molecular complexity index is 883. The molecule has 1 atom stereocenters. The van der Waals surface area contributed by atoms with Crippen LogP contribution in [0.25, 0.3) is 0 Å². The van der Waals surface area contributed by atoms with Gasteiger partial charge in [0.25, 0.3) is 5.91 Å². The first kappa shape index (κ1) is 25.8. The lowest BCUT2D eigenvalue weighted by Crippen LogP contribution is -2.53. The number of hydrogen-bond donors (Lipinski definition) is 2. The fourth-order valence-electron chi connectivity index (χ4n) is 4.25. The summed E-state index contributed by atoms with van der Waals surface area (Å²) in [6.07, 6.45) is 3.53. The Kier molecular flexibility index (Phi) is 9.55. The zero-order valence-electron chi connectivity index (χ0n) is 19.5. The van der Waals surface area contributed by atoms with Crippen molar-refractivity contribution in [3.8, 4) is 0 Å². The molecule has 2 saturated heterocycles. The number of rotatable bonds is 11. The standard InChI is InChI=1S/C24H33N3O7/c1-26(21-5-6-22(30)25-23(21)31)24(32)20-4-3-18(15-17(20)16-29)27-9-7-19(8-10-27)34-14-13-33-12-2-11-28/h3-4,15-16,19,21,28H,2,5-14H2,1H3,(H,25,30,31). The molecule has 1 unspecified atom stereocenters. The van der Waals surface area contributed by atoms with Crippen molar-refractivity contribution in [3.05, 3.63) is 29.3 Å². The van der Waals surface area contributed by atoms with E-state index in [2.05, 4.69) is 10.2 Å². The molecule has 2 heterocycles. The number of amides is 3. The van der Waals surface area contributed by atoms with E-state index in [0.29, 0.717) is 32.5 Å². The van der Waals surface area contributed by atoms with Gasteiger partial charge in [-0.1, -0.05) is 0 Å². The van der Waals surface area contributed by atoms with E-state index in [4.69, 9.17) is 14.6 Å². The van der Waals surface area contributed by atoms with Crippen molar-refractivity contribution < 1.29 is 33.8 Å². The van der Waals surface area contributed by atoms with Crippen LogP contribution in [0.2, 0.25) is 0 Å². The number of hydrogen-bond acceptors (Lipinski definition) is 8. The summed E-state index contributed by atoms with van der Waals surface area (Å²) in [5, 5.41) is 11.0. The minimum atomic E-state index is -0.747. The maximum Gasteiger partial charge on any atom is 0.255 e. The van der Waals surface area contributed by atoms with Gasteiger partial charge in [0, 0.05) is 51.0 Å². The molecule has 34 heavy (non-hydrogen) atoms. The van der Waals surface area contributed by atoms with Crippen molar-refractivity contribution >= 4 is 29.7 Å². The molecule has 186 valence electrons. The lowest BCUT2D eigenvalue weighted by Gasteiger charge is -2.34. The highest BCUT2D eigenvalue weighted by Gasteiger charge is 2.33. The number of aliphatic hydroxyl groups excluding tert-OH is 1. The van der Waals surface area contributed by atoms with Crippen LogP contribution < -0.4 is 10.2 Å². The predicted octanol–water partition coefficient (Wildman–Crippen LogP) is 0.761. The molecule has 0 radical (unpaired) electrons. The van der Waals surface area contributed by atoms with Crippen LogP contribution in [0.3, 0.4) is 0 Å². The highest BCUT2D eigenvalue weighted by molar-refractivity contribution is 6.06. The molecular formula is C24H33N3O7. The van der Waals surface area contributed by atoms with Gasteiger partial charge >= 0.3 is 0 Å². The van der Waals surface area contributed by atoms with E-state index in [-0.39, 0.29) is 42.6 Å². The number of carbonyl (C=O) groups is 4. The van der Waals surface area contributed by atoms with E-state index in [0.717, 1.165) is 31.6 Å². The molecule has 3 rings (SSSR count). The van der Waals surface area contributed by atoms with Gasteiger partial charge in [-0.3, -0.25) is 24.5 Å². The van der Waals surface area contributed by atoms with Gasteiger partial charge in [-0.05, 0) is 43.9 Å². The minimum absolute atomic E-state index is 0.122. The van der Waals surface area contributed by atoms with Crippen molar-refractivity contribution in [1.29, 1.82) is 0 Å². The topological polar surface area (TPSA) is 125 Å². The second-order valence-electron chi connectivity index (χ2n) is 8.52. The first-order valence-electron chi connectivity index (χ1n) is 11.7. The molecule has 1 aromatic rings. The van der Waals surface area contributed by atoms with E-state index in [1.165, 1.54) is 11.9 Å². The van der Waals surface area contributed by atoms with Crippen molar-refractivity contribution in [3.63, 3.8) is 0 Å². The maximum atomic E-state index is 13.0. The molecule has 3 amide bonds. The van der Waals surface area contributed by atoms with Crippen LogP contribution in [-0.2, 0) is 19.1 Å². The van der Waals surface area contributed by atoms with Crippen LogP contribution in [0.15, 0.2) is 18.2 Å². The van der Waals surface area contributed by atoms with Crippen LogP contribution >= 0.6 is 0 Å². The molecular weight excluding hydrogens is 442 g/mol. The summed E-state index contributed by atoms with van der Waals surface area (Å²) in [5.74, 6) is -1.28. The van der Waals surface area contributed by atoms with E-state index in [9.17, 15) is 19.2 Å². The maximum absolute atomic E-state index is 13.0. The quantitative estimate of drug-likeness (QED) is 0.273. The number of carbonyl (C=O) groups excluding carboxylic acids is 4. The summed E-state index contributed by atoms with van der Waals surface area (Å²) in [5.41, 5.74) is 1.35. The van der Waals surface area contributed by atoms with Gasteiger partial charge < -0.3 is 24.4 Å². The number of nitrogens with one attached hydrogen (secondary N) is 1. The third-order valence-corrected chi connectivity index (χ3v) is 6.23. The second-order valence-corrected chi connectivity index (χ2v) is 8.52. The summed E-state index contributed by atoms with van der Waals surface area (Å²) in [6.45, 7) is 3.19. The third kappa shape index (κ3) is 6.62. The Morgan fingerprint density at radius 2 is 1.97 bits per heavy atom. The second kappa shape index (κ2) is 12.6. The number of aldehydes is 1. The predicted molar refractivity (Wildman–Crippen MR) is 124 cm³/mol. The summed E-state index contributed by atoms with van der Waals surface area (Å²) in [7, 11) is 1.51. The Balaban J connectivity index is 1.55. The average Bonchev–Trinajstić information content (AvgIpc) is 2.85. The summed E-state index contributed by atoms with van der Waals surface area (Å²) in [4.78, 5) is 51.7. The molecule has 2 aliphatic heterocycles. The van der Waals surface area contributed by atoms with Crippen LogP contribution in [0.1, 0.15) is 52.8 Å². The lowest BCUT2D eigenvalue weighted by atomic mass is 10.0. The molecule has 0 bridgehead atoms. The molecule has 0 aliphatic carbocycles. The molecule has 2 fully saturated rings. The highest BCUT2D eigenvalue weighted by Crippen LogP contribution is 2.25. The molecule has 10 nitrogen and oxygen atoms in total. The smallest absolute Gasteiger partial charge is 0.255 e. The van der Waals surface area contributed by atoms with Gasteiger partial charge in [0.15, 0.2) is 6.29 Å². The fraction of sp³-hybridized carbons (Fsp3) is 0.583. The van der Waals surface area contributed by atoms with Crippen LogP contribution in [-0.4, -0.2) is 92.7 Å². The SMILES string of the molecule is CN(C(=O)c1ccc(N2CCC(OCCOCCCO)CC2)cc1C=O)C1CCC(=O)NC1=O. The first-order chi connectivity index (χ1) is 16.4. The zero-order valence-corrected chi connectivity index (χ0v) is 19.5. The Morgan fingerprint density at radius 1 is 1.21 bits per heavy atom. The molecule has 1 aromatic carbocycles. The van der Waals surface area contributed by atoms with Gasteiger partial charge in [-0.2, -0.15) is 0 Å². The van der Waals surface area contributed by atoms with Gasteiger partial charge in [0.1, 0.15) is 6.04 Å². The summed E-state index contributed by atoms with van der Waals surface area (Å²) in [6, 6.07) is 4.39. The van der Waals surface area contributed by atoms with E-state index < -0.39 is 17.9 Å². The van der Waals surface area contributed by atoms with Gasteiger partial charge in [-0.15, -0.1) is 0 Å². The zero-order chi connectivity index (χ0) is 24.5. The molecule has 2 aliphatic rings. The Hall–Kier alpha value is -2.82. The van der Waals surface area contributed by atoms with Crippen molar-refractivity contribution in [2.75, 3.05) is 51.5 Å². The van der Waals surface area contributed by atoms with Crippen molar-refractivity contribution in [2.24, 2.45) is 0 Å². The number of likely N-dealkylation sites (N-methyl/N-ethyl adjacent to an activating group) is 1. The monoisotopic (exact) mass is 475 g/mol.